The SMILES string of the molecule is F.F.O=C(O)[C@](O)(c1cccs1)C1CCCC1. The van der Waals surface area contributed by atoms with Crippen molar-refractivity contribution >= 4 is 17.3 Å². The van der Waals surface area contributed by atoms with Gasteiger partial charge in [-0.25, -0.2) is 4.79 Å². The lowest BCUT2D eigenvalue weighted by Crippen LogP contribution is -2.41. The van der Waals surface area contributed by atoms with Gasteiger partial charge in [0.15, 0.2) is 5.60 Å². The summed E-state index contributed by atoms with van der Waals surface area (Å²) in [6, 6.07) is 3.49. The highest BCUT2D eigenvalue weighted by Crippen LogP contribution is 2.42. The molecule has 0 unspecified atom stereocenters. The number of thiophene rings is 1. The van der Waals surface area contributed by atoms with E-state index in [9.17, 15) is 15.0 Å². The minimum Gasteiger partial charge on any atom is -0.479 e. The number of halogens is 2. The molecule has 0 radical (unpaired) electrons. The van der Waals surface area contributed by atoms with Crippen LogP contribution < -0.4 is 0 Å². The van der Waals surface area contributed by atoms with E-state index in [2.05, 4.69) is 0 Å². The lowest BCUT2D eigenvalue weighted by Gasteiger charge is -2.28. The average molecular weight is 266 g/mol. The highest BCUT2D eigenvalue weighted by atomic mass is 32.1. The second-order valence-electron chi connectivity index (χ2n) is 4.03. The molecule has 0 saturated heterocycles. The minimum absolute atomic E-state index is 0. The van der Waals surface area contributed by atoms with E-state index in [0.717, 1.165) is 25.7 Å². The van der Waals surface area contributed by atoms with Gasteiger partial charge in [0, 0.05) is 10.8 Å². The predicted octanol–water partition coefficient (Wildman–Crippen LogP) is 2.52. The topological polar surface area (TPSA) is 57.5 Å². The largest absolute Gasteiger partial charge is 0.479 e. The van der Waals surface area contributed by atoms with E-state index in [1.807, 2.05) is 0 Å². The first-order chi connectivity index (χ1) is 7.15. The molecule has 6 heteroatoms. The minimum atomic E-state index is -1.66. The van der Waals surface area contributed by atoms with Crippen molar-refractivity contribution in [1.82, 2.24) is 0 Å². The molecule has 2 rings (SSSR count). The van der Waals surface area contributed by atoms with Crippen LogP contribution in [0.15, 0.2) is 17.5 Å². The smallest absolute Gasteiger partial charge is 0.341 e. The van der Waals surface area contributed by atoms with Crippen molar-refractivity contribution < 1.29 is 24.4 Å². The molecule has 1 aliphatic rings. The Morgan fingerprint density at radius 3 is 2.35 bits per heavy atom. The zero-order chi connectivity index (χ0) is 10.9. The number of carbonyl (C=O) groups is 1. The van der Waals surface area contributed by atoms with Crippen molar-refractivity contribution in [2.24, 2.45) is 5.92 Å². The zero-order valence-electron chi connectivity index (χ0n) is 9.17. The van der Waals surface area contributed by atoms with Gasteiger partial charge in [-0.15, -0.1) is 11.3 Å². The van der Waals surface area contributed by atoms with Gasteiger partial charge in [-0.3, -0.25) is 9.41 Å². The van der Waals surface area contributed by atoms with Crippen LogP contribution in [0.1, 0.15) is 30.6 Å². The first-order valence-corrected chi connectivity index (χ1v) is 6.03. The third kappa shape index (κ3) is 2.63. The van der Waals surface area contributed by atoms with Gasteiger partial charge in [0.25, 0.3) is 0 Å². The van der Waals surface area contributed by atoms with Crippen LogP contribution in [-0.4, -0.2) is 16.2 Å². The average Bonchev–Trinajstić information content (AvgIpc) is 2.89. The summed E-state index contributed by atoms with van der Waals surface area (Å²) >= 11 is 1.31. The van der Waals surface area contributed by atoms with E-state index in [4.69, 9.17) is 0 Å². The van der Waals surface area contributed by atoms with Crippen LogP contribution in [0.25, 0.3) is 0 Å². The Labute approximate surface area is 102 Å². The van der Waals surface area contributed by atoms with Gasteiger partial charge >= 0.3 is 5.97 Å². The van der Waals surface area contributed by atoms with Crippen LogP contribution in [0, 0.1) is 5.92 Å². The molecule has 1 atom stereocenters. The van der Waals surface area contributed by atoms with Crippen molar-refractivity contribution in [3.8, 4) is 0 Å². The molecule has 1 saturated carbocycles. The quantitative estimate of drug-likeness (QED) is 0.883. The van der Waals surface area contributed by atoms with Crippen molar-refractivity contribution in [2.45, 2.75) is 31.3 Å². The molecule has 1 aliphatic carbocycles. The summed E-state index contributed by atoms with van der Waals surface area (Å²) in [5, 5.41) is 21.4. The molecule has 1 aromatic heterocycles. The Morgan fingerprint density at radius 1 is 1.35 bits per heavy atom. The third-order valence-corrected chi connectivity index (χ3v) is 4.16. The molecular formula is C11H16F2O3S. The summed E-state index contributed by atoms with van der Waals surface area (Å²) in [4.78, 5) is 11.8. The van der Waals surface area contributed by atoms with Gasteiger partial charge in [0.1, 0.15) is 0 Å². The zero-order valence-corrected chi connectivity index (χ0v) is 9.98. The molecule has 1 aromatic rings. The Morgan fingerprint density at radius 2 is 1.94 bits per heavy atom. The Balaban J connectivity index is 0.00000128. The molecule has 0 aliphatic heterocycles. The number of carboxylic acids is 1. The molecule has 1 heterocycles. The van der Waals surface area contributed by atoms with Crippen LogP contribution >= 0.6 is 11.3 Å². The Bertz CT molecular complexity index is 350. The first-order valence-electron chi connectivity index (χ1n) is 5.15. The second-order valence-corrected chi connectivity index (χ2v) is 4.98. The molecule has 17 heavy (non-hydrogen) atoms. The standard InChI is InChI=1S/C11H14O3S.2FH/c12-10(13)11(14,8-4-1-2-5-8)9-6-3-7-15-9;;/h3,6-8,14H,1-2,4-5H2,(H,12,13);2*1H/t11-;;/m1../s1. The normalized spacial score (nSPS) is 18.9. The summed E-state index contributed by atoms with van der Waals surface area (Å²) in [5.74, 6) is -1.24. The monoisotopic (exact) mass is 266 g/mol. The number of hydrogen-bond donors (Lipinski definition) is 2. The fourth-order valence-electron chi connectivity index (χ4n) is 2.32. The second kappa shape index (κ2) is 6.07. The van der Waals surface area contributed by atoms with Crippen molar-refractivity contribution in [3.63, 3.8) is 0 Å². The molecule has 0 spiro atoms. The maximum absolute atomic E-state index is 11.3. The van der Waals surface area contributed by atoms with Gasteiger partial charge in [-0.2, -0.15) is 0 Å². The van der Waals surface area contributed by atoms with E-state index in [1.165, 1.54) is 11.3 Å². The van der Waals surface area contributed by atoms with E-state index >= 15 is 0 Å². The number of rotatable bonds is 3. The number of hydrogen-bond acceptors (Lipinski definition) is 3. The summed E-state index contributed by atoms with van der Waals surface area (Å²) in [5.41, 5.74) is -1.66. The Hall–Kier alpha value is -1.01. The molecule has 1 fully saturated rings. The van der Waals surface area contributed by atoms with Crippen molar-refractivity contribution in [3.05, 3.63) is 22.4 Å². The molecule has 2 N–H and O–H groups in total. The molecular weight excluding hydrogens is 250 g/mol. The van der Waals surface area contributed by atoms with Crippen LogP contribution in [0.3, 0.4) is 0 Å². The van der Waals surface area contributed by atoms with E-state index < -0.39 is 11.6 Å². The van der Waals surface area contributed by atoms with Crippen molar-refractivity contribution in [1.29, 1.82) is 0 Å². The highest BCUT2D eigenvalue weighted by Gasteiger charge is 2.47. The van der Waals surface area contributed by atoms with Gasteiger partial charge in [0.05, 0.1) is 0 Å². The molecule has 3 nitrogen and oxygen atoms in total. The summed E-state index contributed by atoms with van der Waals surface area (Å²) < 4.78 is 0. The predicted molar refractivity (Wildman–Crippen MR) is 62.8 cm³/mol. The fourth-order valence-corrected chi connectivity index (χ4v) is 3.21. The third-order valence-electron chi connectivity index (χ3n) is 3.17. The Kier molecular flexibility index (Phi) is 5.71. The highest BCUT2D eigenvalue weighted by molar-refractivity contribution is 7.10. The maximum atomic E-state index is 11.3. The molecule has 0 aromatic carbocycles. The van der Waals surface area contributed by atoms with Gasteiger partial charge in [-0.05, 0) is 24.3 Å². The summed E-state index contributed by atoms with van der Waals surface area (Å²) in [6.45, 7) is 0. The van der Waals surface area contributed by atoms with Crippen molar-refractivity contribution in [2.75, 3.05) is 0 Å². The number of aliphatic hydroxyl groups is 1. The van der Waals surface area contributed by atoms with E-state index in [0.29, 0.717) is 4.88 Å². The molecule has 98 valence electrons. The molecule has 0 amide bonds. The van der Waals surface area contributed by atoms with Gasteiger partial charge < -0.3 is 10.2 Å². The number of carboxylic acid groups (broad SMARTS) is 1. The summed E-state index contributed by atoms with van der Waals surface area (Å²) in [6.07, 6.45) is 3.65. The fraction of sp³-hybridized carbons (Fsp3) is 0.545. The van der Waals surface area contributed by atoms with E-state index in [-0.39, 0.29) is 15.3 Å². The van der Waals surface area contributed by atoms with Crippen LogP contribution in [0.5, 0.6) is 0 Å². The first kappa shape index (κ1) is 16.0. The van der Waals surface area contributed by atoms with E-state index in [1.54, 1.807) is 17.5 Å². The van der Waals surface area contributed by atoms with Gasteiger partial charge in [-0.1, -0.05) is 18.9 Å². The van der Waals surface area contributed by atoms with Crippen LogP contribution in [0.4, 0.5) is 9.41 Å². The maximum Gasteiger partial charge on any atom is 0.341 e. The summed E-state index contributed by atoms with van der Waals surface area (Å²) in [7, 11) is 0. The lowest BCUT2D eigenvalue weighted by atomic mass is 9.85. The lowest BCUT2D eigenvalue weighted by molar-refractivity contribution is -0.166. The van der Waals surface area contributed by atoms with Crippen LogP contribution in [-0.2, 0) is 10.4 Å². The number of aliphatic carboxylic acids is 1. The molecule has 0 bridgehead atoms. The van der Waals surface area contributed by atoms with Crippen LogP contribution in [0.2, 0.25) is 0 Å². The van der Waals surface area contributed by atoms with Gasteiger partial charge in [0.2, 0.25) is 0 Å².